The van der Waals surface area contributed by atoms with Crippen LogP contribution in [0.4, 0.5) is 0 Å². The van der Waals surface area contributed by atoms with E-state index >= 15 is 0 Å². The summed E-state index contributed by atoms with van der Waals surface area (Å²) in [5, 5.41) is 0. The minimum absolute atomic E-state index is 0.0498. The lowest BCUT2D eigenvalue weighted by Crippen LogP contribution is -2.31. The first-order valence-electron chi connectivity index (χ1n) is 3.91. The summed E-state index contributed by atoms with van der Waals surface area (Å²) in [4.78, 5) is 11.1. The van der Waals surface area contributed by atoms with E-state index in [0.29, 0.717) is 19.1 Å². The molecule has 0 bridgehead atoms. The van der Waals surface area contributed by atoms with E-state index in [1.54, 1.807) is 0 Å². The van der Waals surface area contributed by atoms with Gasteiger partial charge in [0, 0.05) is 13.2 Å². The van der Waals surface area contributed by atoms with E-state index in [-0.39, 0.29) is 11.9 Å². The summed E-state index contributed by atoms with van der Waals surface area (Å²) >= 11 is 0. The summed E-state index contributed by atoms with van der Waals surface area (Å²) in [6.07, 6.45) is 0.799. The Morgan fingerprint density at radius 2 is 2.36 bits per heavy atom. The highest BCUT2D eigenvalue weighted by molar-refractivity contribution is 5.72. The molecule has 3 heteroatoms. The van der Waals surface area contributed by atoms with E-state index in [0.717, 1.165) is 6.42 Å². The van der Waals surface area contributed by atoms with Crippen molar-refractivity contribution < 1.29 is 14.3 Å². The third-order valence-electron chi connectivity index (χ3n) is 2.14. The number of carbonyl (C=O) groups is 1. The average Bonchev–Trinajstić information content (AvgIpc) is 2.04. The second kappa shape index (κ2) is 3.72. The minimum Gasteiger partial charge on any atom is -0.469 e. The van der Waals surface area contributed by atoms with Crippen LogP contribution in [0.3, 0.4) is 0 Å². The Kier molecular flexibility index (Phi) is 2.88. The topological polar surface area (TPSA) is 35.5 Å². The van der Waals surface area contributed by atoms with Crippen molar-refractivity contribution in [1.82, 2.24) is 0 Å². The smallest absolute Gasteiger partial charge is 0.309 e. The van der Waals surface area contributed by atoms with Crippen LogP contribution in [0.25, 0.3) is 0 Å². The molecule has 0 spiro atoms. The maximum Gasteiger partial charge on any atom is 0.309 e. The summed E-state index contributed by atoms with van der Waals surface area (Å²) in [6, 6.07) is 0. The van der Waals surface area contributed by atoms with Crippen LogP contribution >= 0.6 is 0 Å². The normalized spacial score (nSPS) is 31.5. The van der Waals surface area contributed by atoms with Crippen molar-refractivity contribution in [2.24, 2.45) is 11.8 Å². The fraction of sp³-hybridized carbons (Fsp3) is 0.875. The van der Waals surface area contributed by atoms with Crippen LogP contribution in [-0.4, -0.2) is 26.3 Å². The number of methoxy groups -OCH3 is 1. The number of hydrogen-bond donors (Lipinski definition) is 0. The van der Waals surface area contributed by atoms with Gasteiger partial charge in [-0.1, -0.05) is 6.92 Å². The Morgan fingerprint density at radius 3 is 2.91 bits per heavy atom. The molecule has 2 unspecified atom stereocenters. The van der Waals surface area contributed by atoms with Crippen molar-refractivity contribution in [3.05, 3.63) is 0 Å². The fourth-order valence-electron chi connectivity index (χ4n) is 1.38. The zero-order valence-electron chi connectivity index (χ0n) is 7.00. The van der Waals surface area contributed by atoms with Gasteiger partial charge in [0.05, 0.1) is 13.0 Å². The minimum atomic E-state index is -0.0965. The van der Waals surface area contributed by atoms with E-state index in [2.05, 4.69) is 4.74 Å². The first kappa shape index (κ1) is 8.53. The van der Waals surface area contributed by atoms with Gasteiger partial charge in [0.25, 0.3) is 0 Å². The largest absolute Gasteiger partial charge is 0.469 e. The van der Waals surface area contributed by atoms with Gasteiger partial charge in [0.2, 0.25) is 0 Å². The molecule has 1 heterocycles. The predicted octanol–water partition coefficient (Wildman–Crippen LogP) is 0.832. The van der Waals surface area contributed by atoms with E-state index in [4.69, 9.17) is 4.74 Å². The van der Waals surface area contributed by atoms with Crippen molar-refractivity contribution in [3.63, 3.8) is 0 Å². The Bertz CT molecular complexity index is 144. The lowest BCUT2D eigenvalue weighted by atomic mass is 9.90. The summed E-state index contributed by atoms with van der Waals surface area (Å²) in [5.74, 6) is 0.255. The Labute approximate surface area is 66.7 Å². The van der Waals surface area contributed by atoms with Gasteiger partial charge in [-0.15, -0.1) is 0 Å². The van der Waals surface area contributed by atoms with E-state index in [1.807, 2.05) is 6.92 Å². The number of hydrogen-bond acceptors (Lipinski definition) is 3. The highest BCUT2D eigenvalue weighted by Gasteiger charge is 2.28. The van der Waals surface area contributed by atoms with E-state index in [1.165, 1.54) is 7.11 Å². The van der Waals surface area contributed by atoms with Crippen molar-refractivity contribution in [2.45, 2.75) is 13.3 Å². The van der Waals surface area contributed by atoms with Crippen LogP contribution in [0, 0.1) is 11.8 Å². The highest BCUT2D eigenvalue weighted by Crippen LogP contribution is 2.21. The molecule has 1 aliphatic rings. The quantitative estimate of drug-likeness (QED) is 0.530. The van der Waals surface area contributed by atoms with Gasteiger partial charge >= 0.3 is 5.97 Å². The monoisotopic (exact) mass is 158 g/mol. The van der Waals surface area contributed by atoms with Gasteiger partial charge in [-0.2, -0.15) is 0 Å². The SMILES string of the molecule is COC(=O)C1CCOCC1C. The van der Waals surface area contributed by atoms with Gasteiger partial charge in [0.1, 0.15) is 0 Å². The molecule has 1 fully saturated rings. The molecule has 1 aliphatic heterocycles. The second-order valence-electron chi connectivity index (χ2n) is 2.97. The molecule has 0 radical (unpaired) electrons. The molecular formula is C8H14O3. The summed E-state index contributed by atoms with van der Waals surface area (Å²) in [6.45, 7) is 3.38. The standard InChI is InChI=1S/C8H14O3/c1-6-5-11-4-3-7(6)8(9)10-2/h6-7H,3-5H2,1-2H3. The average molecular weight is 158 g/mol. The maximum atomic E-state index is 11.1. The van der Waals surface area contributed by atoms with Crippen LogP contribution in [-0.2, 0) is 14.3 Å². The lowest BCUT2D eigenvalue weighted by Gasteiger charge is -2.26. The summed E-state index contributed by atoms with van der Waals surface area (Å²) in [5.41, 5.74) is 0. The lowest BCUT2D eigenvalue weighted by molar-refractivity contribution is -0.151. The van der Waals surface area contributed by atoms with Gasteiger partial charge in [-0.05, 0) is 12.3 Å². The van der Waals surface area contributed by atoms with Crippen LogP contribution < -0.4 is 0 Å². The molecule has 0 amide bonds. The van der Waals surface area contributed by atoms with Crippen LogP contribution in [0.1, 0.15) is 13.3 Å². The predicted molar refractivity (Wildman–Crippen MR) is 40.1 cm³/mol. The van der Waals surface area contributed by atoms with Gasteiger partial charge in [0.15, 0.2) is 0 Å². The molecule has 11 heavy (non-hydrogen) atoms. The van der Waals surface area contributed by atoms with E-state index in [9.17, 15) is 4.79 Å². The van der Waals surface area contributed by atoms with Gasteiger partial charge in [-0.3, -0.25) is 4.79 Å². The zero-order chi connectivity index (χ0) is 8.27. The molecule has 0 aromatic rings. The molecule has 3 nitrogen and oxygen atoms in total. The number of ether oxygens (including phenoxy) is 2. The molecule has 1 rings (SSSR count). The van der Waals surface area contributed by atoms with Crippen LogP contribution in [0.2, 0.25) is 0 Å². The highest BCUT2D eigenvalue weighted by atomic mass is 16.5. The summed E-state index contributed by atoms with van der Waals surface area (Å²) in [7, 11) is 1.44. The maximum absolute atomic E-state index is 11.1. The van der Waals surface area contributed by atoms with Gasteiger partial charge < -0.3 is 9.47 Å². The van der Waals surface area contributed by atoms with E-state index < -0.39 is 0 Å². The fourth-order valence-corrected chi connectivity index (χ4v) is 1.38. The first-order chi connectivity index (χ1) is 5.25. The molecule has 0 aromatic carbocycles. The molecule has 2 atom stereocenters. The Balaban J connectivity index is 2.47. The summed E-state index contributed by atoms with van der Waals surface area (Å²) < 4.78 is 9.86. The van der Waals surface area contributed by atoms with Crippen molar-refractivity contribution in [2.75, 3.05) is 20.3 Å². The molecule has 1 saturated heterocycles. The first-order valence-corrected chi connectivity index (χ1v) is 3.91. The molecule has 64 valence electrons. The molecular weight excluding hydrogens is 144 g/mol. The third-order valence-corrected chi connectivity index (χ3v) is 2.14. The molecule has 0 saturated carbocycles. The molecule has 0 aromatic heterocycles. The van der Waals surface area contributed by atoms with Crippen LogP contribution in [0.15, 0.2) is 0 Å². The zero-order valence-corrected chi connectivity index (χ0v) is 7.00. The molecule has 0 aliphatic carbocycles. The van der Waals surface area contributed by atoms with Crippen molar-refractivity contribution >= 4 is 5.97 Å². The second-order valence-corrected chi connectivity index (χ2v) is 2.97. The van der Waals surface area contributed by atoms with Crippen molar-refractivity contribution in [1.29, 1.82) is 0 Å². The Hall–Kier alpha value is -0.570. The molecule has 0 N–H and O–H groups in total. The van der Waals surface area contributed by atoms with Gasteiger partial charge in [-0.25, -0.2) is 0 Å². The number of esters is 1. The van der Waals surface area contributed by atoms with Crippen LogP contribution in [0.5, 0.6) is 0 Å². The van der Waals surface area contributed by atoms with Crippen molar-refractivity contribution in [3.8, 4) is 0 Å². The number of carbonyl (C=O) groups excluding carboxylic acids is 1. The Morgan fingerprint density at radius 1 is 1.64 bits per heavy atom. The number of rotatable bonds is 1. The third kappa shape index (κ3) is 1.93.